The van der Waals surface area contributed by atoms with Crippen LogP contribution in [0.1, 0.15) is 28.8 Å². The quantitative estimate of drug-likeness (QED) is 0.339. The number of nitrogens with zero attached hydrogens (tertiary/aromatic N) is 2. The molecule has 0 fully saturated rings. The van der Waals surface area contributed by atoms with E-state index in [1.165, 1.54) is 30.0 Å². The van der Waals surface area contributed by atoms with Crippen molar-refractivity contribution in [2.24, 2.45) is 0 Å². The third-order valence-electron chi connectivity index (χ3n) is 5.27. The van der Waals surface area contributed by atoms with E-state index in [0.29, 0.717) is 18.7 Å². The molecule has 0 bridgehead atoms. The lowest BCUT2D eigenvalue weighted by atomic mass is 10.0. The third-order valence-corrected chi connectivity index (χ3v) is 5.91. The van der Waals surface area contributed by atoms with Gasteiger partial charge in [0.25, 0.3) is 17.5 Å². The maximum Gasteiger partial charge on any atom is 0.329 e. The van der Waals surface area contributed by atoms with Gasteiger partial charge in [0.15, 0.2) is 6.61 Å². The second-order valence-electron chi connectivity index (χ2n) is 7.50. The van der Waals surface area contributed by atoms with Crippen molar-refractivity contribution in [1.82, 2.24) is 5.32 Å². The van der Waals surface area contributed by atoms with E-state index in [1.807, 2.05) is 30.5 Å². The summed E-state index contributed by atoms with van der Waals surface area (Å²) < 4.78 is 5.27. The van der Waals surface area contributed by atoms with Crippen LogP contribution < -0.4 is 10.2 Å². The molecule has 1 aliphatic rings. The number of para-hydroxylation sites is 1. The molecule has 1 atom stereocenters. The molecule has 3 rings (SSSR count). The Kier molecular flexibility index (Phi) is 8.42. The van der Waals surface area contributed by atoms with Gasteiger partial charge >= 0.3 is 5.97 Å². The molecule has 2 amide bonds. The van der Waals surface area contributed by atoms with Crippen molar-refractivity contribution >= 4 is 40.9 Å². The summed E-state index contributed by atoms with van der Waals surface area (Å²) in [5, 5.41) is 13.5. The number of hydrogen-bond donors (Lipinski definition) is 1. The van der Waals surface area contributed by atoms with Gasteiger partial charge in [-0.25, -0.2) is 4.79 Å². The predicted octanol–water partition coefficient (Wildman–Crippen LogP) is 2.97. The molecule has 1 aliphatic heterocycles. The summed E-state index contributed by atoms with van der Waals surface area (Å²) in [7, 11) is 0. The van der Waals surface area contributed by atoms with Crippen LogP contribution >= 0.6 is 11.8 Å². The number of carbonyl (C=O) groups excluding carboxylic acids is 3. The first-order valence-electron chi connectivity index (χ1n) is 10.5. The summed E-state index contributed by atoms with van der Waals surface area (Å²) in [6, 6.07) is 11.9. The van der Waals surface area contributed by atoms with Gasteiger partial charge in [-0.3, -0.25) is 19.7 Å². The fourth-order valence-corrected chi connectivity index (χ4v) is 4.06. The minimum Gasteiger partial charge on any atom is -0.454 e. The number of thioether (sulfide) groups is 1. The molecule has 1 heterocycles. The second-order valence-corrected chi connectivity index (χ2v) is 8.49. The van der Waals surface area contributed by atoms with Crippen molar-refractivity contribution in [3.8, 4) is 0 Å². The average molecular weight is 472 g/mol. The van der Waals surface area contributed by atoms with Crippen LogP contribution in [0.3, 0.4) is 0 Å². The molecule has 1 N–H and O–H groups in total. The van der Waals surface area contributed by atoms with Crippen LogP contribution in [0.25, 0.3) is 0 Å². The van der Waals surface area contributed by atoms with Gasteiger partial charge in [0.2, 0.25) is 0 Å². The standard InChI is InChI=1S/C23H25N3O6S/c1-33-13-11-19(24-22(28)17-7-4-9-18(14-17)26(30)31)23(29)32-15-21(27)25-12-5-8-16-6-2-3-10-20(16)25/h2-4,6-7,9-10,14,19H,5,8,11-13,15H2,1H3,(H,24,28)/t19-/m1/s1. The van der Waals surface area contributed by atoms with Crippen LogP contribution in [-0.4, -0.2) is 53.9 Å². The van der Waals surface area contributed by atoms with Crippen LogP contribution in [0.15, 0.2) is 48.5 Å². The van der Waals surface area contributed by atoms with E-state index in [0.717, 1.165) is 30.2 Å². The van der Waals surface area contributed by atoms with Gasteiger partial charge in [-0.15, -0.1) is 0 Å². The molecular formula is C23H25N3O6S. The number of carbonyl (C=O) groups is 3. The zero-order chi connectivity index (χ0) is 23.8. The van der Waals surface area contributed by atoms with E-state index in [-0.39, 0.29) is 17.2 Å². The number of non-ortho nitro benzene ring substituents is 1. The molecule has 0 aromatic heterocycles. The third kappa shape index (κ3) is 6.32. The van der Waals surface area contributed by atoms with Crippen molar-refractivity contribution in [2.75, 3.05) is 30.1 Å². The highest BCUT2D eigenvalue weighted by molar-refractivity contribution is 7.98. The van der Waals surface area contributed by atoms with E-state index in [4.69, 9.17) is 4.74 Å². The van der Waals surface area contributed by atoms with Gasteiger partial charge < -0.3 is 15.0 Å². The van der Waals surface area contributed by atoms with Gasteiger partial charge in [0.1, 0.15) is 6.04 Å². The minimum absolute atomic E-state index is 0.0622. The smallest absolute Gasteiger partial charge is 0.329 e. The summed E-state index contributed by atoms with van der Waals surface area (Å²) in [5.74, 6) is -1.11. The fraction of sp³-hybridized carbons (Fsp3) is 0.348. The Labute approximate surface area is 195 Å². The summed E-state index contributed by atoms with van der Waals surface area (Å²) in [5.41, 5.74) is 1.73. The van der Waals surface area contributed by atoms with E-state index < -0.39 is 29.4 Å². The van der Waals surface area contributed by atoms with Crippen molar-refractivity contribution in [2.45, 2.75) is 25.3 Å². The number of esters is 1. The Bertz CT molecular complexity index is 1040. The zero-order valence-corrected chi connectivity index (χ0v) is 19.0. The van der Waals surface area contributed by atoms with Gasteiger partial charge in [0.05, 0.1) is 4.92 Å². The van der Waals surface area contributed by atoms with Crippen LogP contribution in [0, 0.1) is 10.1 Å². The number of ether oxygens (including phenoxy) is 1. The van der Waals surface area contributed by atoms with Crippen LogP contribution in [0.5, 0.6) is 0 Å². The molecule has 0 saturated carbocycles. The Morgan fingerprint density at radius 1 is 1.21 bits per heavy atom. The summed E-state index contributed by atoms with van der Waals surface area (Å²) >= 11 is 1.49. The Balaban J connectivity index is 1.63. The zero-order valence-electron chi connectivity index (χ0n) is 18.2. The van der Waals surface area contributed by atoms with Crippen molar-refractivity contribution in [3.05, 3.63) is 69.8 Å². The van der Waals surface area contributed by atoms with Crippen LogP contribution in [0.4, 0.5) is 11.4 Å². The summed E-state index contributed by atoms with van der Waals surface area (Å²) in [6.45, 7) is 0.114. The highest BCUT2D eigenvalue weighted by Gasteiger charge is 2.27. The first kappa shape index (κ1) is 24.2. The SMILES string of the molecule is CSCC[C@@H](NC(=O)c1cccc([N+](=O)[O-])c1)C(=O)OCC(=O)N1CCCc2ccccc21. The first-order valence-corrected chi connectivity index (χ1v) is 11.9. The van der Waals surface area contributed by atoms with Crippen molar-refractivity contribution in [3.63, 3.8) is 0 Å². The second kappa shape index (κ2) is 11.5. The monoisotopic (exact) mass is 471 g/mol. The molecule has 0 saturated heterocycles. The molecule has 9 nitrogen and oxygen atoms in total. The lowest BCUT2D eigenvalue weighted by Crippen LogP contribution is -2.44. The molecule has 2 aromatic carbocycles. The number of amides is 2. The number of fused-ring (bicyclic) bond motifs is 1. The first-order chi connectivity index (χ1) is 15.9. The predicted molar refractivity (Wildman–Crippen MR) is 125 cm³/mol. The Morgan fingerprint density at radius 2 is 2.00 bits per heavy atom. The van der Waals surface area contributed by atoms with Crippen molar-refractivity contribution in [1.29, 1.82) is 0 Å². The number of hydrogen-bond acceptors (Lipinski definition) is 7. The Morgan fingerprint density at radius 3 is 2.76 bits per heavy atom. The topological polar surface area (TPSA) is 119 Å². The summed E-state index contributed by atoms with van der Waals surface area (Å²) in [4.78, 5) is 50.0. The molecule has 0 radical (unpaired) electrons. The maximum atomic E-state index is 12.7. The highest BCUT2D eigenvalue weighted by Crippen LogP contribution is 2.26. The van der Waals surface area contributed by atoms with Crippen LogP contribution in [0.2, 0.25) is 0 Å². The molecule has 0 aliphatic carbocycles. The van der Waals surface area contributed by atoms with E-state index in [9.17, 15) is 24.5 Å². The van der Waals surface area contributed by atoms with E-state index in [2.05, 4.69) is 5.32 Å². The number of aryl methyl sites for hydroxylation is 1. The number of nitrogens with one attached hydrogen (secondary N) is 1. The number of nitro groups is 1. The minimum atomic E-state index is -0.981. The Hall–Kier alpha value is -3.40. The lowest BCUT2D eigenvalue weighted by molar-refractivity contribution is -0.384. The highest BCUT2D eigenvalue weighted by atomic mass is 32.2. The van der Waals surface area contributed by atoms with Gasteiger partial charge in [-0.05, 0) is 49.0 Å². The van der Waals surface area contributed by atoms with E-state index in [1.54, 1.807) is 4.90 Å². The van der Waals surface area contributed by atoms with Gasteiger partial charge in [-0.1, -0.05) is 24.3 Å². The molecule has 174 valence electrons. The normalized spacial score (nSPS) is 13.5. The maximum absolute atomic E-state index is 12.7. The number of anilines is 1. The molecular weight excluding hydrogens is 446 g/mol. The largest absolute Gasteiger partial charge is 0.454 e. The number of nitro benzene ring substituents is 1. The number of benzene rings is 2. The molecule has 0 unspecified atom stereocenters. The lowest BCUT2D eigenvalue weighted by Gasteiger charge is -2.29. The molecule has 2 aromatic rings. The van der Waals surface area contributed by atoms with Gasteiger partial charge in [0, 0.05) is 29.9 Å². The van der Waals surface area contributed by atoms with Crippen molar-refractivity contribution < 1.29 is 24.0 Å². The average Bonchev–Trinajstić information content (AvgIpc) is 2.84. The van der Waals surface area contributed by atoms with Gasteiger partial charge in [-0.2, -0.15) is 11.8 Å². The molecule has 10 heteroatoms. The molecule has 0 spiro atoms. The molecule has 33 heavy (non-hydrogen) atoms. The number of rotatable bonds is 9. The fourth-order valence-electron chi connectivity index (χ4n) is 3.59. The van der Waals surface area contributed by atoms with Crippen LogP contribution in [-0.2, 0) is 20.7 Å². The summed E-state index contributed by atoms with van der Waals surface area (Å²) in [6.07, 6.45) is 3.87. The van der Waals surface area contributed by atoms with E-state index >= 15 is 0 Å².